The predicted molar refractivity (Wildman–Crippen MR) is 147 cm³/mol. The normalized spacial score (nSPS) is 17.6. The molecule has 3 aromatic rings. The second kappa shape index (κ2) is 9.66. The molecule has 5 rings (SSSR count). The van der Waals surface area contributed by atoms with Gasteiger partial charge in [-0.1, -0.05) is 23.7 Å². The van der Waals surface area contributed by atoms with E-state index in [-0.39, 0.29) is 11.8 Å². The smallest absolute Gasteiger partial charge is 0.229 e. The van der Waals surface area contributed by atoms with Crippen LogP contribution in [-0.2, 0) is 4.57 Å². The average Bonchev–Trinajstić information content (AvgIpc) is 2.81. The quantitative estimate of drug-likeness (QED) is 0.352. The van der Waals surface area contributed by atoms with E-state index in [2.05, 4.69) is 25.5 Å². The van der Waals surface area contributed by atoms with E-state index in [9.17, 15) is 4.57 Å². The maximum atomic E-state index is 15.1. The van der Waals surface area contributed by atoms with E-state index in [1.54, 1.807) is 19.4 Å². The maximum absolute atomic E-state index is 15.1. The molecule has 1 aliphatic carbocycles. The number of halogens is 2. The van der Waals surface area contributed by atoms with Crippen molar-refractivity contribution in [3.63, 3.8) is 0 Å². The highest BCUT2D eigenvalue weighted by molar-refractivity contribution is 7.70. The van der Waals surface area contributed by atoms with Crippen LogP contribution in [0.1, 0.15) is 25.7 Å². The van der Waals surface area contributed by atoms with Crippen LogP contribution in [0.4, 0.5) is 33.2 Å². The Hall–Kier alpha value is -2.67. The third kappa shape index (κ3) is 5.22. The lowest BCUT2D eigenvalue weighted by Gasteiger charge is -2.51. The van der Waals surface area contributed by atoms with Crippen molar-refractivity contribution in [1.82, 2.24) is 9.97 Å². The van der Waals surface area contributed by atoms with E-state index >= 15 is 4.39 Å². The van der Waals surface area contributed by atoms with Gasteiger partial charge in [0.05, 0.1) is 17.6 Å². The molecule has 10 heteroatoms. The Morgan fingerprint density at radius 1 is 1.14 bits per heavy atom. The highest BCUT2D eigenvalue weighted by Crippen LogP contribution is 2.49. The standard InChI is InChI=1S/C26H31ClFN6OP/c1-36(2,35)23-6-4-3-5-21(23)32-24-19(27)16-30-25(33-24)31-18-7-8-22(20(28)13-18)34-11-9-26(10-12-34)14-17(29)15-26/h3-8,13,16-17H,9-12,14-15,29H2,1-2H3,(H2,30,31,32,33). The molecule has 2 aliphatic rings. The minimum absolute atomic E-state index is 0.268. The molecule has 190 valence electrons. The van der Waals surface area contributed by atoms with Gasteiger partial charge in [-0.15, -0.1) is 0 Å². The molecule has 4 N–H and O–H groups in total. The molecule has 1 spiro atoms. The summed E-state index contributed by atoms with van der Waals surface area (Å²) < 4.78 is 27.8. The molecule has 1 saturated carbocycles. The van der Waals surface area contributed by atoms with Crippen LogP contribution in [0.2, 0.25) is 5.02 Å². The summed E-state index contributed by atoms with van der Waals surface area (Å²) in [5.41, 5.74) is 8.19. The van der Waals surface area contributed by atoms with Crippen molar-refractivity contribution in [3.05, 3.63) is 59.5 Å². The molecule has 1 aliphatic heterocycles. The number of rotatable bonds is 6. The van der Waals surface area contributed by atoms with Gasteiger partial charge in [-0.05, 0) is 74.8 Å². The van der Waals surface area contributed by atoms with Crippen LogP contribution >= 0.6 is 18.7 Å². The number of nitrogens with zero attached hydrogens (tertiary/aromatic N) is 3. The van der Waals surface area contributed by atoms with Gasteiger partial charge in [0.25, 0.3) is 0 Å². The molecule has 0 unspecified atom stereocenters. The molecule has 0 bridgehead atoms. The number of anilines is 5. The van der Waals surface area contributed by atoms with Crippen LogP contribution in [-0.4, -0.2) is 42.4 Å². The van der Waals surface area contributed by atoms with Gasteiger partial charge in [0.2, 0.25) is 5.95 Å². The summed E-state index contributed by atoms with van der Waals surface area (Å²) in [5, 5.41) is 7.25. The predicted octanol–water partition coefficient (Wildman–Crippen LogP) is 5.71. The highest BCUT2D eigenvalue weighted by atomic mass is 35.5. The summed E-state index contributed by atoms with van der Waals surface area (Å²) in [7, 11) is -2.52. The van der Waals surface area contributed by atoms with Crippen LogP contribution in [0, 0.1) is 11.2 Å². The maximum Gasteiger partial charge on any atom is 0.229 e. The van der Waals surface area contributed by atoms with Gasteiger partial charge < -0.3 is 25.8 Å². The number of hydrogen-bond donors (Lipinski definition) is 3. The highest BCUT2D eigenvalue weighted by Gasteiger charge is 2.44. The first-order valence-corrected chi connectivity index (χ1v) is 15.1. The Morgan fingerprint density at radius 3 is 2.53 bits per heavy atom. The summed E-state index contributed by atoms with van der Waals surface area (Å²) in [5.74, 6) is 0.346. The Bertz CT molecular complexity index is 1320. The molecule has 1 saturated heterocycles. The molecule has 2 heterocycles. The van der Waals surface area contributed by atoms with Gasteiger partial charge >= 0.3 is 0 Å². The van der Waals surface area contributed by atoms with Gasteiger partial charge in [0.15, 0.2) is 5.82 Å². The van der Waals surface area contributed by atoms with Gasteiger partial charge in [0.1, 0.15) is 18.0 Å². The first kappa shape index (κ1) is 25.0. The SMILES string of the molecule is CP(C)(=O)c1ccccc1Nc1nc(Nc2ccc(N3CCC4(CC3)CC(N)C4)c(F)c2)ncc1Cl. The van der Waals surface area contributed by atoms with Crippen LogP contribution in [0.5, 0.6) is 0 Å². The van der Waals surface area contributed by atoms with Gasteiger partial charge in [0, 0.05) is 30.1 Å². The first-order valence-electron chi connectivity index (χ1n) is 12.1. The largest absolute Gasteiger partial charge is 0.369 e. The fraction of sp³-hybridized carbons (Fsp3) is 0.385. The number of nitrogens with two attached hydrogens (primary N) is 1. The van der Waals surface area contributed by atoms with E-state index < -0.39 is 7.14 Å². The zero-order chi connectivity index (χ0) is 25.5. The van der Waals surface area contributed by atoms with Gasteiger partial charge in [-0.25, -0.2) is 9.37 Å². The first-order chi connectivity index (χ1) is 17.1. The van der Waals surface area contributed by atoms with Crippen LogP contribution < -0.4 is 26.6 Å². The van der Waals surface area contributed by atoms with Crippen molar-refractivity contribution in [2.24, 2.45) is 11.1 Å². The Morgan fingerprint density at radius 2 is 1.86 bits per heavy atom. The molecule has 2 aromatic carbocycles. The fourth-order valence-corrected chi connectivity index (χ4v) is 6.64. The van der Waals surface area contributed by atoms with E-state index in [4.69, 9.17) is 17.3 Å². The van der Waals surface area contributed by atoms with Gasteiger partial charge in [-0.3, -0.25) is 0 Å². The van der Waals surface area contributed by atoms with Crippen molar-refractivity contribution in [2.75, 3.05) is 42.0 Å². The molecule has 0 atom stereocenters. The van der Waals surface area contributed by atoms with Crippen LogP contribution in [0.3, 0.4) is 0 Å². The second-order valence-corrected chi connectivity index (χ2v) is 13.9. The van der Waals surface area contributed by atoms with Gasteiger partial charge in [-0.2, -0.15) is 4.98 Å². The van der Waals surface area contributed by atoms with Crippen LogP contribution in [0.25, 0.3) is 0 Å². The molecule has 0 radical (unpaired) electrons. The number of para-hydroxylation sites is 1. The lowest BCUT2D eigenvalue weighted by Crippen LogP contribution is -2.52. The monoisotopic (exact) mass is 528 g/mol. The van der Waals surface area contributed by atoms with Crippen LogP contribution in [0.15, 0.2) is 48.7 Å². The Kier molecular flexibility index (Phi) is 6.70. The molecule has 7 nitrogen and oxygen atoms in total. The Labute approximate surface area is 216 Å². The fourth-order valence-electron chi connectivity index (χ4n) is 5.34. The number of aromatic nitrogens is 2. The number of benzene rings is 2. The van der Waals surface area contributed by atoms with Crippen molar-refractivity contribution in [1.29, 1.82) is 0 Å². The molecule has 2 fully saturated rings. The minimum atomic E-state index is -2.52. The lowest BCUT2D eigenvalue weighted by atomic mass is 9.60. The van der Waals surface area contributed by atoms with E-state index in [0.717, 1.165) is 38.8 Å². The molecule has 36 heavy (non-hydrogen) atoms. The molecule has 0 amide bonds. The zero-order valence-corrected chi connectivity index (χ0v) is 22.1. The summed E-state index contributed by atoms with van der Waals surface area (Å²) in [6.45, 7) is 5.11. The van der Waals surface area contributed by atoms with Crippen molar-refractivity contribution in [2.45, 2.75) is 31.7 Å². The Balaban J connectivity index is 1.29. The summed E-state index contributed by atoms with van der Waals surface area (Å²) in [6, 6.07) is 12.8. The molecular weight excluding hydrogens is 498 g/mol. The van der Waals surface area contributed by atoms with E-state index in [1.807, 2.05) is 30.3 Å². The topological polar surface area (TPSA) is 96.2 Å². The number of nitrogens with one attached hydrogen (secondary N) is 2. The number of piperidine rings is 1. The minimum Gasteiger partial charge on any atom is -0.369 e. The number of hydrogen-bond acceptors (Lipinski definition) is 7. The molecular formula is C26H31ClFN6OP. The average molecular weight is 529 g/mol. The van der Waals surface area contributed by atoms with Crippen molar-refractivity contribution in [3.8, 4) is 0 Å². The summed E-state index contributed by atoms with van der Waals surface area (Å²) in [4.78, 5) is 10.8. The summed E-state index contributed by atoms with van der Waals surface area (Å²) >= 11 is 6.33. The van der Waals surface area contributed by atoms with E-state index in [1.165, 1.54) is 12.3 Å². The second-order valence-electron chi connectivity index (χ2n) is 10.3. The third-order valence-electron chi connectivity index (χ3n) is 7.24. The molecule has 1 aromatic heterocycles. The lowest BCUT2D eigenvalue weighted by molar-refractivity contribution is 0.0711. The van der Waals surface area contributed by atoms with E-state index in [0.29, 0.717) is 44.7 Å². The zero-order valence-electron chi connectivity index (χ0n) is 20.5. The van der Waals surface area contributed by atoms with Crippen molar-refractivity contribution < 1.29 is 8.96 Å². The third-order valence-corrected chi connectivity index (χ3v) is 9.07. The van der Waals surface area contributed by atoms with Crippen molar-refractivity contribution >= 4 is 52.9 Å². The summed E-state index contributed by atoms with van der Waals surface area (Å²) in [6.07, 6.45) is 5.77.